The van der Waals surface area contributed by atoms with E-state index < -0.39 is 52.0 Å². The molecule has 0 fully saturated rings. The van der Waals surface area contributed by atoms with Crippen LogP contribution in [0.3, 0.4) is 0 Å². The quantitative estimate of drug-likeness (QED) is 0.149. The smallest absolute Gasteiger partial charge is 0.206 e. The number of benzene rings is 4. The van der Waals surface area contributed by atoms with Crippen LogP contribution in [-0.2, 0) is 0 Å². The van der Waals surface area contributed by atoms with Crippen molar-refractivity contribution in [2.75, 3.05) is 0 Å². The number of hydrogen-bond donors (Lipinski definition) is 0. The monoisotopic (exact) mass is 502 g/mol. The van der Waals surface area contributed by atoms with Crippen molar-refractivity contribution in [3.8, 4) is 23.0 Å². The molecule has 4 aromatic carbocycles. The zero-order valence-electron chi connectivity index (χ0n) is 18.4. The molecule has 0 unspecified atom stereocenters. The molecule has 0 amide bonds. The van der Waals surface area contributed by atoms with Gasteiger partial charge in [0.25, 0.3) is 0 Å². The predicted molar refractivity (Wildman–Crippen MR) is 122 cm³/mol. The maximum Gasteiger partial charge on any atom is 0.458 e. The van der Waals surface area contributed by atoms with Gasteiger partial charge in [0, 0.05) is 22.4 Å². The largest absolute Gasteiger partial charge is 0.458 e. The molecule has 0 saturated heterocycles. The van der Waals surface area contributed by atoms with Crippen LogP contribution in [0.4, 0.5) is 35.1 Å². The zero-order valence-corrected chi connectivity index (χ0v) is 18.4. The number of hydrogen-bond acceptors (Lipinski definition) is 0. The van der Waals surface area contributed by atoms with Crippen molar-refractivity contribution in [2.24, 2.45) is 0 Å². The van der Waals surface area contributed by atoms with E-state index in [2.05, 4.69) is 0 Å². The Bertz CT molecular complexity index is 1570. The van der Waals surface area contributed by atoms with Crippen molar-refractivity contribution in [1.29, 1.82) is 0 Å². The van der Waals surface area contributed by atoms with Gasteiger partial charge in [-0.3, -0.25) is 0 Å². The third kappa shape index (κ3) is 5.10. The van der Waals surface area contributed by atoms with Gasteiger partial charge in [0.1, 0.15) is 17.5 Å². The summed E-state index contributed by atoms with van der Waals surface area (Å²) in [4.78, 5) is 0. The summed E-state index contributed by atoms with van der Waals surface area (Å²) in [5.41, 5.74) is -0.0918. The molecule has 0 nitrogen and oxygen atoms in total. The van der Waals surface area contributed by atoms with Crippen LogP contribution in [0.2, 0.25) is 0 Å². The lowest BCUT2D eigenvalue weighted by Crippen LogP contribution is -2.02. The van der Waals surface area contributed by atoms with Gasteiger partial charge in [0.15, 0.2) is 11.7 Å². The predicted octanol–water partition coefficient (Wildman–Crippen LogP) is 8.91. The second-order valence-corrected chi connectivity index (χ2v) is 7.92. The van der Waals surface area contributed by atoms with Crippen LogP contribution < -0.4 is 0 Å². The average molecular weight is 502 g/mol. The van der Waals surface area contributed by atoms with Crippen LogP contribution >= 0.6 is 0 Å². The SMILES string of the molecule is Cc1ccc(-c2ccc(/C(F)=C(\F)c3ccc4c(F)c(C#CC(F)(F)F)c(F)cc4c3)c(F)c2)cc1. The Morgan fingerprint density at radius 2 is 1.39 bits per heavy atom. The van der Waals surface area contributed by atoms with E-state index in [4.69, 9.17) is 0 Å². The van der Waals surface area contributed by atoms with E-state index in [0.717, 1.165) is 41.8 Å². The molecule has 0 bridgehead atoms. The highest BCUT2D eigenvalue weighted by Crippen LogP contribution is 2.34. The molecule has 0 aliphatic rings. The van der Waals surface area contributed by atoms with Gasteiger partial charge < -0.3 is 0 Å². The van der Waals surface area contributed by atoms with Gasteiger partial charge in [-0.15, -0.1) is 0 Å². The number of alkyl halides is 3. The first-order valence-corrected chi connectivity index (χ1v) is 10.4. The molecule has 0 heterocycles. The number of fused-ring (bicyclic) bond motifs is 1. The lowest BCUT2D eigenvalue weighted by Gasteiger charge is -2.09. The van der Waals surface area contributed by atoms with E-state index in [0.29, 0.717) is 17.2 Å². The lowest BCUT2D eigenvalue weighted by atomic mass is 10.00. The Kier molecular flexibility index (Phi) is 6.59. The van der Waals surface area contributed by atoms with Crippen LogP contribution in [0.1, 0.15) is 22.3 Å². The Labute approximate surface area is 200 Å². The molecule has 0 atom stereocenters. The summed E-state index contributed by atoms with van der Waals surface area (Å²) < 4.78 is 110. The van der Waals surface area contributed by atoms with Crippen molar-refractivity contribution in [3.05, 3.63) is 106 Å². The molecule has 4 rings (SSSR count). The third-order valence-corrected chi connectivity index (χ3v) is 5.39. The molecule has 0 aromatic heterocycles. The molecule has 0 aliphatic carbocycles. The highest BCUT2D eigenvalue weighted by molar-refractivity contribution is 5.91. The molecular formula is C28H14F8. The van der Waals surface area contributed by atoms with Crippen LogP contribution in [0.25, 0.3) is 33.6 Å². The summed E-state index contributed by atoms with van der Waals surface area (Å²) in [6.07, 6.45) is -4.96. The standard InChI is InChI=1S/C28H14F8/c1-15-2-4-16(5-3-15)17-6-9-21(23(29)13-17)27(33)25(31)18-7-8-20-19(12-18)14-24(30)22(26(20)32)10-11-28(34,35)36/h2-9,12-14H,1H3/b27-25+. The average Bonchev–Trinajstić information content (AvgIpc) is 2.82. The van der Waals surface area contributed by atoms with Crippen LogP contribution in [0.5, 0.6) is 0 Å². The fourth-order valence-corrected chi connectivity index (χ4v) is 3.58. The Morgan fingerprint density at radius 1 is 0.722 bits per heavy atom. The van der Waals surface area contributed by atoms with E-state index in [9.17, 15) is 35.1 Å². The molecule has 0 aliphatic heterocycles. The number of halogens is 8. The van der Waals surface area contributed by atoms with E-state index in [1.807, 2.05) is 19.1 Å². The summed E-state index contributed by atoms with van der Waals surface area (Å²) in [5, 5.41) is -0.605. The number of aryl methyl sites for hydroxylation is 1. The zero-order chi connectivity index (χ0) is 26.2. The minimum atomic E-state index is -4.96. The van der Waals surface area contributed by atoms with Crippen LogP contribution in [-0.4, -0.2) is 6.18 Å². The Balaban J connectivity index is 1.73. The topological polar surface area (TPSA) is 0 Å². The van der Waals surface area contributed by atoms with Gasteiger partial charge in [0.2, 0.25) is 0 Å². The Morgan fingerprint density at radius 3 is 2.03 bits per heavy atom. The van der Waals surface area contributed by atoms with Crippen molar-refractivity contribution in [1.82, 2.24) is 0 Å². The van der Waals surface area contributed by atoms with Crippen molar-refractivity contribution in [3.63, 3.8) is 0 Å². The summed E-state index contributed by atoms with van der Waals surface area (Å²) in [5.74, 6) is -4.63. The molecule has 0 spiro atoms. The van der Waals surface area contributed by atoms with E-state index in [-0.39, 0.29) is 10.8 Å². The minimum absolute atomic E-state index is 0.252. The molecule has 36 heavy (non-hydrogen) atoms. The summed E-state index contributed by atoms with van der Waals surface area (Å²) in [7, 11) is 0. The highest BCUT2D eigenvalue weighted by Gasteiger charge is 2.24. The number of rotatable bonds is 3. The van der Waals surface area contributed by atoms with Gasteiger partial charge in [-0.05, 0) is 47.7 Å². The van der Waals surface area contributed by atoms with Crippen LogP contribution in [0.15, 0.2) is 66.7 Å². The van der Waals surface area contributed by atoms with E-state index in [1.54, 1.807) is 12.1 Å². The minimum Gasteiger partial charge on any atom is -0.206 e. The summed E-state index contributed by atoms with van der Waals surface area (Å²) >= 11 is 0. The molecule has 8 heteroatoms. The first kappa shape index (κ1) is 25.0. The summed E-state index contributed by atoms with van der Waals surface area (Å²) in [6, 6.07) is 14.1. The molecular weight excluding hydrogens is 488 g/mol. The second kappa shape index (κ2) is 9.50. The van der Waals surface area contributed by atoms with Gasteiger partial charge >= 0.3 is 6.18 Å². The molecule has 0 radical (unpaired) electrons. The Hall–Kier alpha value is -4.12. The van der Waals surface area contributed by atoms with Crippen molar-refractivity contribution < 1.29 is 35.1 Å². The van der Waals surface area contributed by atoms with Gasteiger partial charge in [-0.25, -0.2) is 22.0 Å². The van der Waals surface area contributed by atoms with E-state index >= 15 is 0 Å². The lowest BCUT2D eigenvalue weighted by molar-refractivity contribution is -0.0696. The van der Waals surface area contributed by atoms with Gasteiger partial charge in [0.05, 0.1) is 5.56 Å². The third-order valence-electron chi connectivity index (χ3n) is 5.39. The van der Waals surface area contributed by atoms with E-state index in [1.165, 1.54) is 12.0 Å². The fraction of sp³-hybridized carbons (Fsp3) is 0.0714. The van der Waals surface area contributed by atoms with Gasteiger partial charge in [-0.1, -0.05) is 53.9 Å². The maximum atomic E-state index is 14.9. The highest BCUT2D eigenvalue weighted by atomic mass is 19.4. The first-order valence-electron chi connectivity index (χ1n) is 10.4. The summed E-state index contributed by atoms with van der Waals surface area (Å²) in [6.45, 7) is 1.88. The fourth-order valence-electron chi connectivity index (χ4n) is 3.58. The molecule has 4 aromatic rings. The second-order valence-electron chi connectivity index (χ2n) is 7.92. The maximum absolute atomic E-state index is 14.9. The first-order chi connectivity index (χ1) is 16.9. The normalized spacial score (nSPS) is 12.2. The van der Waals surface area contributed by atoms with Crippen LogP contribution in [0, 0.1) is 36.2 Å². The molecule has 0 N–H and O–H groups in total. The van der Waals surface area contributed by atoms with Crippen molar-refractivity contribution >= 4 is 22.4 Å². The molecule has 182 valence electrons. The van der Waals surface area contributed by atoms with Crippen molar-refractivity contribution in [2.45, 2.75) is 13.1 Å². The molecule has 0 saturated carbocycles. The van der Waals surface area contributed by atoms with Gasteiger partial charge in [-0.2, -0.15) is 13.2 Å².